The average Bonchev–Trinajstić information content (AvgIpc) is 3.10. The summed E-state index contributed by atoms with van der Waals surface area (Å²) < 4.78 is 5.98. The second-order valence-electron chi connectivity index (χ2n) is 14.9. The van der Waals surface area contributed by atoms with Crippen molar-refractivity contribution in [2.24, 2.45) is 0 Å². The summed E-state index contributed by atoms with van der Waals surface area (Å²) in [5, 5.41) is 8.69. The number of rotatable bonds is 40. The minimum Gasteiger partial charge on any atom is -0.481 e. The van der Waals surface area contributed by atoms with Gasteiger partial charge in [-0.3, -0.25) is 9.59 Å². The van der Waals surface area contributed by atoms with Crippen LogP contribution in [-0.4, -0.2) is 23.1 Å². The van der Waals surface area contributed by atoms with Gasteiger partial charge in [0.2, 0.25) is 0 Å². The molecule has 0 fully saturated rings. The van der Waals surface area contributed by atoms with Crippen molar-refractivity contribution in [1.82, 2.24) is 0 Å². The Morgan fingerprint density at radius 3 is 1.26 bits per heavy atom. The van der Waals surface area contributed by atoms with E-state index in [4.69, 9.17) is 9.84 Å². The average molecular weight is 701 g/mol. The van der Waals surface area contributed by atoms with Crippen LogP contribution < -0.4 is 0 Å². The number of carbonyl (C=O) groups is 2. The third kappa shape index (κ3) is 40.6. The van der Waals surface area contributed by atoms with Crippen LogP contribution in [0.25, 0.3) is 0 Å². The van der Waals surface area contributed by atoms with Crippen LogP contribution in [0.5, 0.6) is 0 Å². The maximum absolute atomic E-state index is 12.6. The summed E-state index contributed by atoms with van der Waals surface area (Å²) in [6.07, 6.45) is 55.0. The first kappa shape index (κ1) is 48.2. The molecule has 0 aromatic heterocycles. The van der Waals surface area contributed by atoms with Gasteiger partial charge >= 0.3 is 11.9 Å². The predicted molar refractivity (Wildman–Crippen MR) is 218 cm³/mol. The predicted octanol–water partition coefficient (Wildman–Crippen LogP) is 15.3. The molecule has 0 saturated heterocycles. The van der Waals surface area contributed by atoms with Crippen LogP contribution in [0, 0.1) is 0 Å². The molecular formula is C46H84O4. The number of hydrogen-bond acceptors (Lipinski definition) is 3. The van der Waals surface area contributed by atoms with Crippen molar-refractivity contribution in [3.63, 3.8) is 0 Å². The molecule has 4 nitrogen and oxygen atoms in total. The van der Waals surface area contributed by atoms with Crippen LogP contribution in [0.4, 0.5) is 0 Å². The molecule has 0 aliphatic heterocycles. The number of carboxylic acid groups (broad SMARTS) is 1. The van der Waals surface area contributed by atoms with Crippen LogP contribution >= 0.6 is 0 Å². The van der Waals surface area contributed by atoms with E-state index in [0.29, 0.717) is 12.8 Å². The number of esters is 1. The lowest BCUT2D eigenvalue weighted by molar-refractivity contribution is -0.150. The van der Waals surface area contributed by atoms with Gasteiger partial charge in [-0.1, -0.05) is 166 Å². The van der Waals surface area contributed by atoms with Crippen LogP contribution in [0.15, 0.2) is 36.5 Å². The Morgan fingerprint density at radius 1 is 0.440 bits per heavy atom. The summed E-state index contributed by atoms with van der Waals surface area (Å²) in [5.74, 6) is -0.640. The fourth-order valence-corrected chi connectivity index (χ4v) is 6.56. The molecule has 0 amide bonds. The van der Waals surface area contributed by atoms with Gasteiger partial charge < -0.3 is 9.84 Å². The molecule has 0 spiro atoms. The fourth-order valence-electron chi connectivity index (χ4n) is 6.56. The zero-order valence-corrected chi connectivity index (χ0v) is 33.5. The lowest BCUT2D eigenvalue weighted by Gasteiger charge is -2.18. The number of ether oxygens (including phenoxy) is 1. The van der Waals surface area contributed by atoms with Crippen molar-refractivity contribution in [3.05, 3.63) is 36.5 Å². The fraction of sp³-hybridized carbons (Fsp3) is 0.826. The third-order valence-corrected chi connectivity index (χ3v) is 9.83. The molecule has 0 aromatic rings. The highest BCUT2D eigenvalue weighted by Gasteiger charge is 2.14. The normalized spacial score (nSPS) is 12.5. The first-order valence-corrected chi connectivity index (χ1v) is 22.0. The monoisotopic (exact) mass is 701 g/mol. The summed E-state index contributed by atoms with van der Waals surface area (Å²) in [6, 6.07) is 0. The van der Waals surface area contributed by atoms with Crippen molar-refractivity contribution in [3.8, 4) is 0 Å². The standard InChI is InChI=1S/C46H84O4/c1-3-5-7-8-9-10-11-12-13-14-15-16-17-18-19-23-26-29-32-35-39-43-46(49)50-44(40-36-6-4-2)41-37-33-30-27-24-21-20-22-25-28-31-34-38-42-45(47)48/h9-10,12-13,18-19,44H,3-8,11,14-17,20-43H2,1-2H3,(H,47,48)/b10-9-,13-12-,19-18-. The zero-order chi connectivity index (χ0) is 36.4. The van der Waals surface area contributed by atoms with Gasteiger partial charge in [0, 0.05) is 12.8 Å². The van der Waals surface area contributed by atoms with E-state index in [0.717, 1.165) is 44.9 Å². The minimum atomic E-state index is -0.668. The van der Waals surface area contributed by atoms with E-state index in [1.54, 1.807) is 0 Å². The number of unbranched alkanes of at least 4 members (excludes halogenated alkanes) is 25. The molecule has 1 atom stereocenters. The highest BCUT2D eigenvalue weighted by Crippen LogP contribution is 2.18. The number of carboxylic acids is 1. The first-order chi connectivity index (χ1) is 24.6. The van der Waals surface area contributed by atoms with Crippen LogP contribution in [0.1, 0.15) is 239 Å². The second-order valence-corrected chi connectivity index (χ2v) is 14.9. The van der Waals surface area contributed by atoms with E-state index in [1.807, 2.05) is 0 Å². The molecule has 50 heavy (non-hydrogen) atoms. The molecule has 292 valence electrons. The zero-order valence-electron chi connectivity index (χ0n) is 33.5. The largest absolute Gasteiger partial charge is 0.481 e. The van der Waals surface area contributed by atoms with Gasteiger partial charge in [0.15, 0.2) is 0 Å². The van der Waals surface area contributed by atoms with Gasteiger partial charge in [-0.25, -0.2) is 0 Å². The quantitative estimate of drug-likeness (QED) is 0.0393. The summed E-state index contributed by atoms with van der Waals surface area (Å²) in [6.45, 7) is 4.49. The van der Waals surface area contributed by atoms with Gasteiger partial charge in [-0.2, -0.15) is 0 Å². The Balaban J connectivity index is 3.71. The summed E-state index contributed by atoms with van der Waals surface area (Å²) >= 11 is 0. The Bertz CT molecular complexity index is 798. The number of carbonyl (C=O) groups excluding carboxylic acids is 1. The molecule has 4 heteroatoms. The van der Waals surface area contributed by atoms with Crippen LogP contribution in [-0.2, 0) is 14.3 Å². The van der Waals surface area contributed by atoms with E-state index in [-0.39, 0.29) is 12.1 Å². The highest BCUT2D eigenvalue weighted by atomic mass is 16.5. The lowest BCUT2D eigenvalue weighted by atomic mass is 10.0. The van der Waals surface area contributed by atoms with Crippen LogP contribution in [0.2, 0.25) is 0 Å². The summed E-state index contributed by atoms with van der Waals surface area (Å²) in [7, 11) is 0. The molecule has 0 bridgehead atoms. The molecule has 1 unspecified atom stereocenters. The Labute approximate surface area is 311 Å². The third-order valence-electron chi connectivity index (χ3n) is 9.83. The Hall–Kier alpha value is -1.84. The van der Waals surface area contributed by atoms with E-state index in [9.17, 15) is 9.59 Å². The molecule has 0 aliphatic carbocycles. The maximum atomic E-state index is 12.6. The van der Waals surface area contributed by atoms with E-state index in [2.05, 4.69) is 50.3 Å². The SMILES string of the molecule is CCCCC/C=C\C/C=C\CCCC/C=C\CCCCCCCC(=O)OC(CCCCC)CCCCCCCCCCCCCCCC(=O)O. The lowest BCUT2D eigenvalue weighted by Crippen LogP contribution is -2.18. The number of hydrogen-bond donors (Lipinski definition) is 1. The molecule has 0 radical (unpaired) electrons. The first-order valence-electron chi connectivity index (χ1n) is 22.0. The van der Waals surface area contributed by atoms with Gasteiger partial charge in [-0.05, 0) is 96.3 Å². The van der Waals surface area contributed by atoms with Gasteiger partial charge in [0.05, 0.1) is 0 Å². The molecule has 0 saturated carbocycles. The Kier molecular flexibility index (Phi) is 40.0. The topological polar surface area (TPSA) is 63.6 Å². The van der Waals surface area contributed by atoms with Crippen LogP contribution in [0.3, 0.4) is 0 Å². The Morgan fingerprint density at radius 2 is 0.780 bits per heavy atom. The molecule has 1 N–H and O–H groups in total. The van der Waals surface area contributed by atoms with Gasteiger partial charge in [-0.15, -0.1) is 0 Å². The van der Waals surface area contributed by atoms with E-state index < -0.39 is 5.97 Å². The van der Waals surface area contributed by atoms with Crippen molar-refractivity contribution < 1.29 is 19.4 Å². The van der Waals surface area contributed by atoms with E-state index in [1.165, 1.54) is 167 Å². The minimum absolute atomic E-state index is 0.0276. The van der Waals surface area contributed by atoms with Crippen molar-refractivity contribution in [2.45, 2.75) is 245 Å². The second kappa shape index (κ2) is 41.6. The molecule has 0 rings (SSSR count). The molecule has 0 heterocycles. The van der Waals surface area contributed by atoms with Crippen molar-refractivity contribution in [1.29, 1.82) is 0 Å². The molecule has 0 aliphatic rings. The summed E-state index contributed by atoms with van der Waals surface area (Å²) in [5.41, 5.74) is 0. The molecule has 0 aromatic carbocycles. The number of allylic oxidation sites excluding steroid dienone is 6. The summed E-state index contributed by atoms with van der Waals surface area (Å²) in [4.78, 5) is 23.1. The van der Waals surface area contributed by atoms with Crippen molar-refractivity contribution in [2.75, 3.05) is 0 Å². The van der Waals surface area contributed by atoms with Gasteiger partial charge in [0.25, 0.3) is 0 Å². The smallest absolute Gasteiger partial charge is 0.306 e. The van der Waals surface area contributed by atoms with Gasteiger partial charge in [0.1, 0.15) is 6.10 Å². The molecular weight excluding hydrogens is 617 g/mol. The van der Waals surface area contributed by atoms with Crippen molar-refractivity contribution >= 4 is 11.9 Å². The van der Waals surface area contributed by atoms with E-state index >= 15 is 0 Å². The highest BCUT2D eigenvalue weighted by molar-refractivity contribution is 5.69. The number of aliphatic carboxylic acids is 1. The maximum Gasteiger partial charge on any atom is 0.306 e.